The summed E-state index contributed by atoms with van der Waals surface area (Å²) in [5.74, 6) is -0.0902. The molecule has 140 valence electrons. The van der Waals surface area contributed by atoms with Crippen LogP contribution in [-0.2, 0) is 4.79 Å². The zero-order valence-electron chi connectivity index (χ0n) is 13.6. The smallest absolute Gasteiger partial charge is 0.236 e. The van der Waals surface area contributed by atoms with E-state index in [0.29, 0.717) is 6.54 Å². The fraction of sp³-hybridized carbons (Fsp3) is 0.533. The van der Waals surface area contributed by atoms with Crippen molar-refractivity contribution < 1.29 is 4.79 Å². The Morgan fingerprint density at radius 3 is 2.42 bits per heavy atom. The number of anilines is 1. The molecule has 1 amide bonds. The van der Waals surface area contributed by atoms with Gasteiger partial charge < -0.3 is 16.0 Å². The first-order chi connectivity index (χ1) is 10.1. The lowest BCUT2D eigenvalue weighted by Crippen LogP contribution is -2.49. The minimum atomic E-state index is -0.440. The molecule has 1 heterocycles. The molecule has 0 bridgehead atoms. The lowest BCUT2D eigenvalue weighted by atomic mass is 10.2. The highest BCUT2D eigenvalue weighted by Gasteiger charge is 2.17. The topological polar surface area (TPSA) is 61.6 Å². The number of benzene rings is 1. The van der Waals surface area contributed by atoms with E-state index in [1.54, 1.807) is 6.92 Å². The molecule has 1 fully saturated rings. The normalized spacial score (nSPS) is 15.4. The number of nitrogens with zero attached hydrogens (tertiary/aromatic N) is 2. The Kier molecular flexibility index (Phi) is 13.8. The molecule has 5 nitrogen and oxygen atoms in total. The number of hydrogen-bond donors (Lipinski definition) is 2. The van der Waals surface area contributed by atoms with Gasteiger partial charge in [-0.15, -0.1) is 37.2 Å². The molecule has 0 aromatic heterocycles. The first kappa shape index (κ1) is 25.8. The van der Waals surface area contributed by atoms with Crippen molar-refractivity contribution in [3.8, 4) is 0 Å². The fourth-order valence-corrected chi connectivity index (χ4v) is 2.59. The van der Waals surface area contributed by atoms with Crippen molar-refractivity contribution in [3.05, 3.63) is 29.3 Å². The summed E-state index contributed by atoms with van der Waals surface area (Å²) in [5, 5.41) is 3.61. The average Bonchev–Trinajstić information content (AvgIpc) is 2.47. The zero-order valence-corrected chi connectivity index (χ0v) is 16.8. The van der Waals surface area contributed by atoms with Crippen LogP contribution in [0.1, 0.15) is 6.92 Å². The van der Waals surface area contributed by atoms with E-state index >= 15 is 0 Å². The van der Waals surface area contributed by atoms with Crippen molar-refractivity contribution in [1.29, 1.82) is 0 Å². The van der Waals surface area contributed by atoms with Gasteiger partial charge in [0.25, 0.3) is 0 Å². The van der Waals surface area contributed by atoms with Gasteiger partial charge in [-0.1, -0.05) is 17.7 Å². The quantitative estimate of drug-likeness (QED) is 0.767. The average molecular weight is 420 g/mol. The van der Waals surface area contributed by atoms with E-state index in [0.717, 1.165) is 37.7 Å². The highest BCUT2D eigenvalue weighted by Crippen LogP contribution is 2.20. The summed E-state index contributed by atoms with van der Waals surface area (Å²) in [6.45, 7) is 7.13. The molecule has 1 saturated heterocycles. The highest BCUT2D eigenvalue weighted by atomic mass is 35.5. The SMILES string of the molecule is C[C@@H](N)C(=O)NCCN1CCN(c2cccc(Cl)c2)CC1.Cl.Cl.Cl. The summed E-state index contributed by atoms with van der Waals surface area (Å²) in [4.78, 5) is 16.1. The Labute approximate surface area is 167 Å². The van der Waals surface area contributed by atoms with Gasteiger partial charge in [0.2, 0.25) is 5.91 Å². The van der Waals surface area contributed by atoms with Gasteiger partial charge in [0.05, 0.1) is 6.04 Å². The van der Waals surface area contributed by atoms with E-state index in [1.807, 2.05) is 18.2 Å². The van der Waals surface area contributed by atoms with Crippen molar-refractivity contribution in [3.63, 3.8) is 0 Å². The molecule has 0 saturated carbocycles. The Morgan fingerprint density at radius 2 is 1.88 bits per heavy atom. The molecule has 3 N–H and O–H groups in total. The van der Waals surface area contributed by atoms with Crippen LogP contribution >= 0.6 is 48.8 Å². The van der Waals surface area contributed by atoms with Crippen LogP contribution in [0, 0.1) is 0 Å². The lowest BCUT2D eigenvalue weighted by molar-refractivity contribution is -0.122. The standard InChI is InChI=1S/C15H23ClN4O.3ClH/c1-12(17)15(21)18-5-6-19-7-9-20(10-8-19)14-4-2-3-13(16)11-14;;;/h2-4,11-12H,5-10,17H2,1H3,(H,18,21);3*1H/t12-;;;/m1.../s1. The fourth-order valence-electron chi connectivity index (χ4n) is 2.40. The molecule has 9 heteroatoms. The summed E-state index contributed by atoms with van der Waals surface area (Å²) in [7, 11) is 0. The number of rotatable bonds is 5. The summed E-state index contributed by atoms with van der Waals surface area (Å²) >= 11 is 6.03. The first-order valence-corrected chi connectivity index (χ1v) is 7.70. The maximum atomic E-state index is 11.4. The maximum absolute atomic E-state index is 11.4. The second-order valence-corrected chi connectivity index (χ2v) is 5.82. The van der Waals surface area contributed by atoms with Crippen LogP contribution < -0.4 is 16.0 Å². The molecule has 0 aliphatic carbocycles. The number of carbonyl (C=O) groups is 1. The second kappa shape index (κ2) is 12.9. The number of halogens is 4. The predicted molar refractivity (Wildman–Crippen MR) is 109 cm³/mol. The summed E-state index contributed by atoms with van der Waals surface area (Å²) < 4.78 is 0. The molecule has 0 spiro atoms. The van der Waals surface area contributed by atoms with E-state index < -0.39 is 6.04 Å². The minimum absolute atomic E-state index is 0. The van der Waals surface area contributed by atoms with Crippen LogP contribution in [0.3, 0.4) is 0 Å². The molecule has 1 aromatic carbocycles. The van der Waals surface area contributed by atoms with Crippen molar-refractivity contribution in [1.82, 2.24) is 10.2 Å². The highest BCUT2D eigenvalue weighted by molar-refractivity contribution is 6.30. The molecule has 1 aliphatic rings. The monoisotopic (exact) mass is 418 g/mol. The number of piperazine rings is 1. The van der Waals surface area contributed by atoms with Crippen LogP contribution in [-0.4, -0.2) is 56.1 Å². The predicted octanol–water partition coefficient (Wildman–Crippen LogP) is 2.19. The van der Waals surface area contributed by atoms with Crippen molar-refractivity contribution in [2.45, 2.75) is 13.0 Å². The zero-order chi connectivity index (χ0) is 15.2. The summed E-state index contributed by atoms with van der Waals surface area (Å²) in [6, 6.07) is 7.52. The van der Waals surface area contributed by atoms with Crippen LogP contribution in [0.15, 0.2) is 24.3 Å². The van der Waals surface area contributed by atoms with Crippen molar-refractivity contribution >= 4 is 60.4 Å². The molecule has 1 aliphatic heterocycles. The van der Waals surface area contributed by atoms with Gasteiger partial charge in [-0.25, -0.2) is 0 Å². The maximum Gasteiger partial charge on any atom is 0.236 e. The van der Waals surface area contributed by atoms with Crippen molar-refractivity contribution in [2.75, 3.05) is 44.2 Å². The largest absolute Gasteiger partial charge is 0.369 e. The first-order valence-electron chi connectivity index (χ1n) is 7.32. The van der Waals surface area contributed by atoms with Gasteiger partial charge in [-0.05, 0) is 25.1 Å². The number of carbonyl (C=O) groups excluding carboxylic acids is 1. The van der Waals surface area contributed by atoms with Crippen LogP contribution in [0.2, 0.25) is 5.02 Å². The molecule has 2 rings (SSSR count). The van der Waals surface area contributed by atoms with E-state index in [-0.39, 0.29) is 43.1 Å². The molecular weight excluding hydrogens is 394 g/mol. The number of nitrogens with one attached hydrogen (secondary N) is 1. The number of nitrogens with two attached hydrogens (primary N) is 1. The molecule has 0 radical (unpaired) electrons. The summed E-state index contributed by atoms with van der Waals surface area (Å²) in [5.41, 5.74) is 6.68. The van der Waals surface area contributed by atoms with E-state index in [2.05, 4.69) is 21.2 Å². The molecule has 1 atom stereocenters. The number of amides is 1. The van der Waals surface area contributed by atoms with E-state index in [4.69, 9.17) is 17.3 Å². The van der Waals surface area contributed by atoms with Gasteiger partial charge in [-0.2, -0.15) is 0 Å². The van der Waals surface area contributed by atoms with Gasteiger partial charge in [0.1, 0.15) is 0 Å². The third kappa shape index (κ3) is 8.10. The lowest BCUT2D eigenvalue weighted by Gasteiger charge is -2.36. The van der Waals surface area contributed by atoms with Gasteiger partial charge in [0, 0.05) is 50.0 Å². The summed E-state index contributed by atoms with van der Waals surface area (Å²) in [6.07, 6.45) is 0. The molecule has 0 unspecified atom stereocenters. The van der Waals surface area contributed by atoms with Gasteiger partial charge >= 0.3 is 0 Å². The van der Waals surface area contributed by atoms with Crippen LogP contribution in [0.4, 0.5) is 5.69 Å². The van der Waals surface area contributed by atoms with E-state index in [1.165, 1.54) is 5.69 Å². The molecular formula is C15H26Cl4N4O. The van der Waals surface area contributed by atoms with Crippen molar-refractivity contribution in [2.24, 2.45) is 5.73 Å². The third-order valence-electron chi connectivity index (χ3n) is 3.69. The Bertz CT molecular complexity index is 482. The third-order valence-corrected chi connectivity index (χ3v) is 3.92. The van der Waals surface area contributed by atoms with Crippen LogP contribution in [0.5, 0.6) is 0 Å². The Hall–Kier alpha value is -0.430. The molecule has 1 aromatic rings. The van der Waals surface area contributed by atoms with Crippen LogP contribution in [0.25, 0.3) is 0 Å². The Morgan fingerprint density at radius 1 is 1.25 bits per heavy atom. The number of hydrogen-bond acceptors (Lipinski definition) is 4. The minimum Gasteiger partial charge on any atom is -0.369 e. The Balaban J connectivity index is 0. The van der Waals surface area contributed by atoms with Gasteiger partial charge in [-0.3, -0.25) is 9.69 Å². The second-order valence-electron chi connectivity index (χ2n) is 5.39. The molecule has 24 heavy (non-hydrogen) atoms. The van der Waals surface area contributed by atoms with E-state index in [9.17, 15) is 4.79 Å². The van der Waals surface area contributed by atoms with Gasteiger partial charge in [0.15, 0.2) is 0 Å².